The molecule has 2 rings (SSSR count). The van der Waals surface area contributed by atoms with E-state index in [0.29, 0.717) is 5.92 Å². The van der Waals surface area contributed by atoms with Crippen molar-refractivity contribution in [1.82, 2.24) is 14.7 Å². The van der Waals surface area contributed by atoms with E-state index >= 15 is 0 Å². The first-order valence-electron chi connectivity index (χ1n) is 6.69. The zero-order chi connectivity index (χ0) is 14.0. The van der Waals surface area contributed by atoms with Crippen molar-refractivity contribution in [2.75, 3.05) is 5.32 Å². The van der Waals surface area contributed by atoms with Crippen LogP contribution in [-0.2, 0) is 6.54 Å². The van der Waals surface area contributed by atoms with Gasteiger partial charge < -0.3 is 14.4 Å². The van der Waals surface area contributed by atoms with Gasteiger partial charge in [0.15, 0.2) is 0 Å². The van der Waals surface area contributed by atoms with Crippen molar-refractivity contribution in [3.63, 3.8) is 0 Å². The fraction of sp³-hybridized carbons (Fsp3) is 0.571. The quantitative estimate of drug-likeness (QED) is 0.898. The SMILES string of the molecule is Cc1noc(C)c1C(C)Nc1nccn1CC(C)C. The number of rotatable bonds is 5. The zero-order valence-corrected chi connectivity index (χ0v) is 12.3. The molecule has 0 amide bonds. The number of hydrogen-bond acceptors (Lipinski definition) is 4. The highest BCUT2D eigenvalue weighted by Crippen LogP contribution is 2.24. The molecule has 5 nitrogen and oxygen atoms in total. The number of imidazole rings is 1. The molecule has 2 aromatic rings. The molecule has 104 valence electrons. The van der Waals surface area contributed by atoms with Gasteiger partial charge in [-0.05, 0) is 26.7 Å². The molecular formula is C14H22N4O. The first kappa shape index (κ1) is 13.6. The van der Waals surface area contributed by atoms with Crippen LogP contribution in [-0.4, -0.2) is 14.7 Å². The van der Waals surface area contributed by atoms with Gasteiger partial charge in [0.1, 0.15) is 5.76 Å². The van der Waals surface area contributed by atoms with Crippen molar-refractivity contribution in [3.05, 3.63) is 29.4 Å². The van der Waals surface area contributed by atoms with Crippen LogP contribution in [0.4, 0.5) is 5.95 Å². The first-order chi connectivity index (χ1) is 8.99. The Kier molecular flexibility index (Phi) is 3.93. The second-order valence-corrected chi connectivity index (χ2v) is 5.40. The van der Waals surface area contributed by atoms with Gasteiger partial charge in [0.2, 0.25) is 5.95 Å². The van der Waals surface area contributed by atoms with Crippen LogP contribution in [0.5, 0.6) is 0 Å². The number of nitrogens with one attached hydrogen (secondary N) is 1. The van der Waals surface area contributed by atoms with E-state index in [-0.39, 0.29) is 6.04 Å². The molecule has 0 saturated carbocycles. The maximum absolute atomic E-state index is 5.21. The van der Waals surface area contributed by atoms with E-state index < -0.39 is 0 Å². The summed E-state index contributed by atoms with van der Waals surface area (Å²) < 4.78 is 7.35. The molecule has 0 bridgehead atoms. The molecule has 0 aliphatic heterocycles. The van der Waals surface area contributed by atoms with E-state index in [0.717, 1.165) is 29.5 Å². The number of hydrogen-bond donors (Lipinski definition) is 1. The lowest BCUT2D eigenvalue weighted by Gasteiger charge is -2.17. The summed E-state index contributed by atoms with van der Waals surface area (Å²) in [6.07, 6.45) is 3.83. The normalized spacial score (nSPS) is 12.9. The lowest BCUT2D eigenvalue weighted by atomic mass is 10.1. The molecule has 5 heteroatoms. The molecule has 0 radical (unpaired) electrons. The van der Waals surface area contributed by atoms with Crippen LogP contribution in [0.1, 0.15) is 43.8 Å². The van der Waals surface area contributed by atoms with Crippen LogP contribution in [0.25, 0.3) is 0 Å². The Morgan fingerprint density at radius 3 is 2.63 bits per heavy atom. The summed E-state index contributed by atoms with van der Waals surface area (Å²) >= 11 is 0. The average Bonchev–Trinajstić information content (AvgIpc) is 2.86. The molecule has 1 atom stereocenters. The highest BCUT2D eigenvalue weighted by Gasteiger charge is 2.17. The van der Waals surface area contributed by atoms with Gasteiger partial charge in [-0.1, -0.05) is 19.0 Å². The Balaban J connectivity index is 2.15. The highest BCUT2D eigenvalue weighted by atomic mass is 16.5. The van der Waals surface area contributed by atoms with Crippen LogP contribution in [0.3, 0.4) is 0 Å². The predicted octanol–water partition coefficient (Wildman–Crippen LogP) is 3.32. The van der Waals surface area contributed by atoms with Crippen LogP contribution in [0, 0.1) is 19.8 Å². The van der Waals surface area contributed by atoms with Gasteiger partial charge in [-0.25, -0.2) is 4.98 Å². The molecule has 19 heavy (non-hydrogen) atoms. The van der Waals surface area contributed by atoms with Gasteiger partial charge in [-0.2, -0.15) is 0 Å². The van der Waals surface area contributed by atoms with Crippen LogP contribution >= 0.6 is 0 Å². The van der Waals surface area contributed by atoms with Crippen molar-refractivity contribution in [2.24, 2.45) is 5.92 Å². The Morgan fingerprint density at radius 2 is 2.05 bits per heavy atom. The molecule has 2 heterocycles. The van der Waals surface area contributed by atoms with E-state index in [2.05, 4.69) is 40.8 Å². The van der Waals surface area contributed by atoms with E-state index in [4.69, 9.17) is 4.52 Å². The van der Waals surface area contributed by atoms with E-state index in [9.17, 15) is 0 Å². The first-order valence-corrected chi connectivity index (χ1v) is 6.69. The van der Waals surface area contributed by atoms with Crippen LogP contribution in [0.2, 0.25) is 0 Å². The van der Waals surface area contributed by atoms with Gasteiger partial charge in [0.25, 0.3) is 0 Å². The zero-order valence-electron chi connectivity index (χ0n) is 12.3. The maximum atomic E-state index is 5.21. The summed E-state index contributed by atoms with van der Waals surface area (Å²) in [5, 5.41) is 7.43. The Hall–Kier alpha value is -1.78. The predicted molar refractivity (Wildman–Crippen MR) is 75.1 cm³/mol. The smallest absolute Gasteiger partial charge is 0.203 e. The largest absolute Gasteiger partial charge is 0.361 e. The Labute approximate surface area is 114 Å². The molecule has 2 aromatic heterocycles. The summed E-state index contributed by atoms with van der Waals surface area (Å²) in [6.45, 7) is 11.3. The third kappa shape index (κ3) is 2.97. The maximum Gasteiger partial charge on any atom is 0.203 e. The Morgan fingerprint density at radius 1 is 1.32 bits per heavy atom. The summed E-state index contributed by atoms with van der Waals surface area (Å²) in [4.78, 5) is 4.38. The van der Waals surface area contributed by atoms with Crippen LogP contribution < -0.4 is 5.32 Å². The standard InChI is InChI=1S/C14H22N4O/c1-9(2)8-18-7-6-15-14(18)16-10(3)13-11(4)17-19-12(13)5/h6-7,9-10H,8H2,1-5H3,(H,15,16). The molecule has 0 saturated heterocycles. The van der Waals surface area contributed by atoms with Gasteiger partial charge in [-0.3, -0.25) is 0 Å². The van der Waals surface area contributed by atoms with Gasteiger partial charge >= 0.3 is 0 Å². The minimum Gasteiger partial charge on any atom is -0.361 e. The topological polar surface area (TPSA) is 55.9 Å². The van der Waals surface area contributed by atoms with Crippen LogP contribution in [0.15, 0.2) is 16.9 Å². The molecular weight excluding hydrogens is 240 g/mol. The summed E-state index contributed by atoms with van der Waals surface area (Å²) in [5.41, 5.74) is 2.04. The number of aromatic nitrogens is 3. The number of anilines is 1. The van der Waals surface area contributed by atoms with E-state index in [1.54, 1.807) is 0 Å². The molecule has 0 aliphatic carbocycles. The Bertz CT molecular complexity index is 522. The third-order valence-electron chi connectivity index (χ3n) is 3.14. The number of aryl methyl sites for hydroxylation is 2. The van der Waals surface area contributed by atoms with Gasteiger partial charge in [0, 0.05) is 24.5 Å². The lowest BCUT2D eigenvalue weighted by Crippen LogP contribution is -2.14. The van der Waals surface area contributed by atoms with Crippen molar-refractivity contribution < 1.29 is 4.52 Å². The molecule has 1 N–H and O–H groups in total. The van der Waals surface area contributed by atoms with Gasteiger partial charge in [0.05, 0.1) is 11.7 Å². The molecule has 0 fully saturated rings. The highest BCUT2D eigenvalue weighted by molar-refractivity contribution is 5.35. The third-order valence-corrected chi connectivity index (χ3v) is 3.14. The second kappa shape index (κ2) is 5.47. The van der Waals surface area contributed by atoms with Crippen molar-refractivity contribution in [3.8, 4) is 0 Å². The molecule has 0 aromatic carbocycles. The average molecular weight is 262 g/mol. The van der Waals surface area contributed by atoms with E-state index in [1.165, 1.54) is 0 Å². The fourth-order valence-electron chi connectivity index (χ4n) is 2.36. The summed E-state index contributed by atoms with van der Waals surface area (Å²) in [6, 6.07) is 0.125. The number of nitrogens with zero attached hydrogens (tertiary/aromatic N) is 3. The molecule has 0 aliphatic rings. The van der Waals surface area contributed by atoms with Crippen molar-refractivity contribution in [1.29, 1.82) is 0 Å². The minimum atomic E-state index is 0.125. The molecule has 1 unspecified atom stereocenters. The summed E-state index contributed by atoms with van der Waals surface area (Å²) in [5.74, 6) is 2.34. The monoisotopic (exact) mass is 262 g/mol. The van der Waals surface area contributed by atoms with Gasteiger partial charge in [-0.15, -0.1) is 0 Å². The second-order valence-electron chi connectivity index (χ2n) is 5.40. The van der Waals surface area contributed by atoms with E-state index in [1.807, 2.05) is 26.2 Å². The minimum absolute atomic E-state index is 0.125. The fourth-order valence-corrected chi connectivity index (χ4v) is 2.36. The van der Waals surface area contributed by atoms with Crippen molar-refractivity contribution in [2.45, 2.75) is 47.2 Å². The summed E-state index contributed by atoms with van der Waals surface area (Å²) in [7, 11) is 0. The lowest BCUT2D eigenvalue weighted by molar-refractivity contribution is 0.392. The molecule has 0 spiro atoms. The van der Waals surface area contributed by atoms with Crippen molar-refractivity contribution >= 4 is 5.95 Å².